The summed E-state index contributed by atoms with van der Waals surface area (Å²) in [5.74, 6) is 0.741. The van der Waals surface area contributed by atoms with Gasteiger partial charge in [-0.3, -0.25) is 4.57 Å². The van der Waals surface area contributed by atoms with Crippen LogP contribution in [0.3, 0.4) is 0 Å². The first-order chi connectivity index (χ1) is 15.3. The van der Waals surface area contributed by atoms with Crippen molar-refractivity contribution in [1.29, 1.82) is 0 Å². The van der Waals surface area contributed by atoms with Gasteiger partial charge in [-0.1, -0.05) is 76.9 Å². The van der Waals surface area contributed by atoms with Crippen molar-refractivity contribution in [3.05, 3.63) is 69.7 Å². The van der Waals surface area contributed by atoms with Crippen molar-refractivity contribution in [3.8, 4) is 28.6 Å². The summed E-state index contributed by atoms with van der Waals surface area (Å²) in [6.45, 7) is 12.5. The van der Waals surface area contributed by atoms with Crippen LogP contribution in [0.25, 0.3) is 28.1 Å². The van der Waals surface area contributed by atoms with Crippen LogP contribution < -0.4 is 0 Å². The summed E-state index contributed by atoms with van der Waals surface area (Å²) < 4.78 is 1.99. The van der Waals surface area contributed by atoms with Crippen LogP contribution in [0.5, 0.6) is 11.5 Å². The fourth-order valence-corrected chi connectivity index (χ4v) is 4.59. The van der Waals surface area contributed by atoms with Gasteiger partial charge < -0.3 is 10.2 Å². The summed E-state index contributed by atoms with van der Waals surface area (Å²) in [5, 5.41) is 22.6. The van der Waals surface area contributed by atoms with Crippen molar-refractivity contribution in [2.24, 2.45) is 0 Å². The topological polar surface area (TPSA) is 58.3 Å². The second-order valence-electron chi connectivity index (χ2n) is 10.4. The highest BCUT2D eigenvalue weighted by atomic mass is 35.5. The molecule has 0 saturated carbocycles. The molecule has 3 aromatic carbocycles. The van der Waals surface area contributed by atoms with Crippen molar-refractivity contribution in [1.82, 2.24) is 9.55 Å². The van der Waals surface area contributed by atoms with Crippen LogP contribution in [-0.4, -0.2) is 19.8 Å². The van der Waals surface area contributed by atoms with E-state index in [1.165, 1.54) is 6.07 Å². The number of hydrogen-bond donors (Lipinski definition) is 2. The van der Waals surface area contributed by atoms with Gasteiger partial charge in [-0.15, -0.1) is 0 Å². The maximum atomic E-state index is 11.2. The molecule has 6 heteroatoms. The second-order valence-corrected chi connectivity index (χ2v) is 11.3. The minimum absolute atomic E-state index is 0.0801. The number of fused-ring (bicyclic) bond motifs is 1. The molecule has 172 valence electrons. The molecule has 4 aromatic rings. The monoisotopic (exact) mass is 482 g/mol. The molecule has 0 aliphatic carbocycles. The molecule has 2 N–H and O–H groups in total. The molecule has 0 bridgehead atoms. The second kappa shape index (κ2) is 7.96. The van der Waals surface area contributed by atoms with Crippen molar-refractivity contribution >= 4 is 34.2 Å². The quantitative estimate of drug-likeness (QED) is 0.304. The summed E-state index contributed by atoms with van der Waals surface area (Å²) in [6.07, 6.45) is 0. The van der Waals surface area contributed by atoms with Gasteiger partial charge in [0.2, 0.25) is 0 Å². The van der Waals surface area contributed by atoms with Crippen molar-refractivity contribution in [3.63, 3.8) is 0 Å². The van der Waals surface area contributed by atoms with Crippen LogP contribution in [-0.2, 0) is 10.8 Å². The van der Waals surface area contributed by atoms with Crippen molar-refractivity contribution in [2.45, 2.75) is 52.4 Å². The molecule has 4 rings (SSSR count). The molecular weight excluding hydrogens is 455 g/mol. The van der Waals surface area contributed by atoms with Crippen LogP contribution in [0.4, 0.5) is 0 Å². The van der Waals surface area contributed by atoms with E-state index >= 15 is 0 Å². The molecule has 0 aliphatic heterocycles. The summed E-state index contributed by atoms with van der Waals surface area (Å²) in [4.78, 5) is 4.83. The Labute approximate surface area is 204 Å². The zero-order valence-corrected chi connectivity index (χ0v) is 21.2. The van der Waals surface area contributed by atoms with Crippen LogP contribution >= 0.6 is 23.2 Å². The van der Waals surface area contributed by atoms with Crippen LogP contribution in [0.15, 0.2) is 48.5 Å². The lowest BCUT2D eigenvalue weighted by Gasteiger charge is -2.28. The number of aromatic hydroxyl groups is 2. The average Bonchev–Trinajstić information content (AvgIpc) is 3.08. The van der Waals surface area contributed by atoms with Gasteiger partial charge in [0, 0.05) is 21.8 Å². The number of imidazole rings is 1. The van der Waals surface area contributed by atoms with E-state index in [2.05, 4.69) is 41.5 Å². The fourth-order valence-electron chi connectivity index (χ4n) is 4.10. The third-order valence-electron chi connectivity index (χ3n) is 5.80. The van der Waals surface area contributed by atoms with Gasteiger partial charge >= 0.3 is 0 Å². The molecule has 1 aromatic heterocycles. The van der Waals surface area contributed by atoms with E-state index in [4.69, 9.17) is 28.2 Å². The summed E-state index contributed by atoms with van der Waals surface area (Å²) in [5.41, 5.74) is 3.99. The average molecular weight is 483 g/mol. The number of hydrogen-bond acceptors (Lipinski definition) is 3. The highest BCUT2D eigenvalue weighted by Crippen LogP contribution is 2.44. The van der Waals surface area contributed by atoms with Crippen LogP contribution in [0, 0.1) is 0 Å². The number of phenols is 2. The minimum Gasteiger partial charge on any atom is -0.507 e. The molecule has 0 atom stereocenters. The number of nitrogens with zero attached hydrogens (tertiary/aromatic N) is 2. The van der Waals surface area contributed by atoms with Gasteiger partial charge in [-0.25, -0.2) is 4.98 Å². The number of para-hydroxylation sites is 2. The molecule has 0 spiro atoms. The SMILES string of the molecule is CC(C)(C)c1cc(-n2c(-c3cc(Cl)cc(Cl)c3O)nc3ccccc32)cc(C(C)(C)C)c1O. The first-order valence-electron chi connectivity index (χ1n) is 10.8. The third kappa shape index (κ3) is 4.18. The fraction of sp³-hybridized carbons (Fsp3) is 0.296. The summed E-state index contributed by atoms with van der Waals surface area (Å²) in [7, 11) is 0. The molecule has 4 nitrogen and oxygen atoms in total. The zero-order valence-electron chi connectivity index (χ0n) is 19.7. The smallest absolute Gasteiger partial charge is 0.149 e. The number of benzene rings is 3. The maximum Gasteiger partial charge on any atom is 0.149 e. The first-order valence-corrected chi connectivity index (χ1v) is 11.6. The Hall–Kier alpha value is -2.69. The molecule has 0 fully saturated rings. The Morgan fingerprint density at radius 1 is 0.788 bits per heavy atom. The number of halogens is 2. The van der Waals surface area contributed by atoms with Gasteiger partial charge in [-0.05, 0) is 47.2 Å². The van der Waals surface area contributed by atoms with E-state index in [0.29, 0.717) is 22.2 Å². The van der Waals surface area contributed by atoms with Gasteiger partial charge in [0.15, 0.2) is 0 Å². The molecular formula is C27H28Cl2N2O2. The van der Waals surface area contributed by atoms with E-state index in [9.17, 15) is 10.2 Å². The molecule has 0 amide bonds. The Balaban J connectivity index is 2.15. The van der Waals surface area contributed by atoms with Gasteiger partial charge in [0.1, 0.15) is 17.3 Å². The van der Waals surface area contributed by atoms with Crippen LogP contribution in [0.1, 0.15) is 52.7 Å². The Morgan fingerprint density at radius 2 is 1.36 bits per heavy atom. The van der Waals surface area contributed by atoms with E-state index < -0.39 is 0 Å². The van der Waals surface area contributed by atoms with E-state index in [1.54, 1.807) is 6.07 Å². The highest BCUT2D eigenvalue weighted by molar-refractivity contribution is 6.36. The lowest BCUT2D eigenvalue weighted by molar-refractivity contribution is 0.423. The van der Waals surface area contributed by atoms with E-state index in [0.717, 1.165) is 27.8 Å². The number of phenolic OH excluding ortho intramolecular Hbond substituents is 2. The molecule has 0 aliphatic rings. The molecule has 0 radical (unpaired) electrons. The normalized spacial score (nSPS) is 12.5. The number of rotatable bonds is 2. The van der Waals surface area contributed by atoms with E-state index in [1.807, 2.05) is 41.0 Å². The van der Waals surface area contributed by atoms with Crippen molar-refractivity contribution < 1.29 is 10.2 Å². The Morgan fingerprint density at radius 3 is 1.94 bits per heavy atom. The van der Waals surface area contributed by atoms with Crippen LogP contribution in [0.2, 0.25) is 10.0 Å². The summed E-state index contributed by atoms with van der Waals surface area (Å²) in [6, 6.07) is 14.9. The van der Waals surface area contributed by atoms with Gasteiger partial charge in [0.05, 0.1) is 21.6 Å². The minimum atomic E-state index is -0.294. The number of aromatic nitrogens is 2. The predicted octanol–water partition coefficient (Wildman–Crippen LogP) is 8.01. The molecule has 1 heterocycles. The largest absolute Gasteiger partial charge is 0.507 e. The standard InChI is InChI=1S/C27H28Cl2N2O2/c1-26(2,3)18-13-16(14-19(24(18)33)27(4,5)6)31-22-10-8-7-9-21(22)30-25(31)17-11-15(28)12-20(29)23(17)32/h7-14,32-33H,1-6H3. The lowest BCUT2D eigenvalue weighted by Crippen LogP contribution is -2.18. The Kier molecular flexibility index (Phi) is 5.66. The lowest BCUT2D eigenvalue weighted by atomic mass is 9.79. The molecule has 33 heavy (non-hydrogen) atoms. The van der Waals surface area contributed by atoms with Crippen molar-refractivity contribution in [2.75, 3.05) is 0 Å². The molecule has 0 unspecified atom stereocenters. The first kappa shape index (κ1) is 23.5. The maximum absolute atomic E-state index is 11.2. The zero-order chi connectivity index (χ0) is 24.3. The van der Waals surface area contributed by atoms with E-state index in [-0.39, 0.29) is 21.6 Å². The molecule has 0 saturated heterocycles. The highest BCUT2D eigenvalue weighted by Gasteiger charge is 2.28. The van der Waals surface area contributed by atoms with Gasteiger partial charge in [0.25, 0.3) is 0 Å². The predicted molar refractivity (Wildman–Crippen MR) is 137 cm³/mol. The third-order valence-corrected chi connectivity index (χ3v) is 6.31. The Bertz CT molecular complexity index is 1340. The van der Waals surface area contributed by atoms with Gasteiger partial charge in [-0.2, -0.15) is 0 Å². The summed E-state index contributed by atoms with van der Waals surface area (Å²) >= 11 is 12.5.